The third-order valence-corrected chi connectivity index (χ3v) is 5.13. The number of benzene rings is 1. The highest BCUT2D eigenvalue weighted by atomic mass is 16.1. The molecule has 1 aromatic carbocycles. The molecule has 1 fully saturated rings. The molecule has 23 heavy (non-hydrogen) atoms. The van der Waals surface area contributed by atoms with Gasteiger partial charge in [-0.05, 0) is 70.5 Å². The summed E-state index contributed by atoms with van der Waals surface area (Å²) in [6, 6.07) is 6.06. The Morgan fingerprint density at radius 3 is 2.65 bits per heavy atom. The van der Waals surface area contributed by atoms with Crippen LogP contribution in [0, 0.1) is 13.8 Å². The van der Waals surface area contributed by atoms with E-state index in [2.05, 4.69) is 41.6 Å². The van der Waals surface area contributed by atoms with Gasteiger partial charge in [0.1, 0.15) is 0 Å². The Hall–Kier alpha value is -1.81. The summed E-state index contributed by atoms with van der Waals surface area (Å²) in [5, 5.41) is 4.25. The molecule has 2 heterocycles. The number of carbonyl (C=O) groups excluding carboxylic acids is 1. The van der Waals surface area contributed by atoms with Crippen molar-refractivity contribution in [1.29, 1.82) is 0 Å². The van der Waals surface area contributed by atoms with Crippen LogP contribution in [-0.4, -0.2) is 41.6 Å². The molecule has 1 amide bonds. The average Bonchev–Trinajstić information content (AvgIpc) is 3.15. The fourth-order valence-corrected chi connectivity index (χ4v) is 3.63. The van der Waals surface area contributed by atoms with Crippen LogP contribution in [0.2, 0.25) is 0 Å². The molecule has 3 rings (SSSR count). The van der Waals surface area contributed by atoms with Crippen LogP contribution in [0.25, 0.3) is 10.9 Å². The molecule has 0 unspecified atom stereocenters. The number of fused-ring (bicyclic) bond motifs is 1. The van der Waals surface area contributed by atoms with E-state index in [4.69, 9.17) is 0 Å². The molecule has 2 aromatic rings. The van der Waals surface area contributed by atoms with E-state index in [0.717, 1.165) is 25.2 Å². The van der Waals surface area contributed by atoms with E-state index in [1.54, 1.807) is 0 Å². The number of nitrogens with zero attached hydrogens (tertiary/aromatic N) is 2. The first kappa shape index (κ1) is 16.1. The van der Waals surface area contributed by atoms with Gasteiger partial charge in [0.05, 0.1) is 0 Å². The molecule has 0 aliphatic carbocycles. The quantitative estimate of drug-likeness (QED) is 0.921. The fourth-order valence-electron chi connectivity index (χ4n) is 3.63. The van der Waals surface area contributed by atoms with Crippen LogP contribution in [0.4, 0.5) is 0 Å². The SMILES string of the molecule is CCn1c(C)c(C)c2cc(C(=O)NCCN3CCCC3)ccc21. The number of nitrogens with one attached hydrogen (secondary N) is 1. The van der Waals surface area contributed by atoms with Crippen molar-refractivity contribution < 1.29 is 4.79 Å². The van der Waals surface area contributed by atoms with Crippen molar-refractivity contribution in [2.75, 3.05) is 26.2 Å². The Morgan fingerprint density at radius 2 is 1.96 bits per heavy atom. The van der Waals surface area contributed by atoms with Crippen LogP contribution in [0.5, 0.6) is 0 Å². The van der Waals surface area contributed by atoms with Crippen molar-refractivity contribution in [2.24, 2.45) is 0 Å². The fraction of sp³-hybridized carbons (Fsp3) is 0.526. The van der Waals surface area contributed by atoms with Crippen molar-refractivity contribution >= 4 is 16.8 Å². The second kappa shape index (κ2) is 6.75. The van der Waals surface area contributed by atoms with Gasteiger partial charge in [-0.1, -0.05) is 0 Å². The number of amides is 1. The van der Waals surface area contributed by atoms with Gasteiger partial charge < -0.3 is 14.8 Å². The number of aromatic nitrogens is 1. The number of hydrogen-bond acceptors (Lipinski definition) is 2. The standard InChI is InChI=1S/C19H27N3O/c1-4-22-15(3)14(2)17-13-16(7-8-18(17)22)19(23)20-9-12-21-10-5-6-11-21/h7-8,13H,4-6,9-12H2,1-3H3,(H,20,23). The lowest BCUT2D eigenvalue weighted by molar-refractivity contribution is 0.0950. The summed E-state index contributed by atoms with van der Waals surface area (Å²) in [6.45, 7) is 11.4. The summed E-state index contributed by atoms with van der Waals surface area (Å²) in [5.74, 6) is 0.0346. The molecule has 0 spiro atoms. The van der Waals surface area contributed by atoms with Crippen molar-refractivity contribution in [2.45, 2.75) is 40.2 Å². The summed E-state index contributed by atoms with van der Waals surface area (Å²) in [4.78, 5) is 14.8. The zero-order valence-electron chi connectivity index (χ0n) is 14.5. The highest BCUT2D eigenvalue weighted by molar-refractivity contribution is 5.99. The normalized spacial score (nSPS) is 15.4. The molecule has 0 atom stereocenters. The van der Waals surface area contributed by atoms with Crippen LogP contribution in [0.3, 0.4) is 0 Å². The number of aryl methyl sites for hydroxylation is 2. The van der Waals surface area contributed by atoms with Crippen molar-refractivity contribution in [1.82, 2.24) is 14.8 Å². The minimum atomic E-state index is 0.0346. The van der Waals surface area contributed by atoms with Gasteiger partial charge in [0.15, 0.2) is 0 Å². The third kappa shape index (κ3) is 3.13. The monoisotopic (exact) mass is 313 g/mol. The van der Waals surface area contributed by atoms with Gasteiger partial charge in [0.25, 0.3) is 5.91 Å². The summed E-state index contributed by atoms with van der Waals surface area (Å²) in [5.41, 5.74) is 4.54. The minimum absolute atomic E-state index is 0.0346. The van der Waals surface area contributed by atoms with Crippen LogP contribution in [0.1, 0.15) is 41.4 Å². The third-order valence-electron chi connectivity index (χ3n) is 5.13. The van der Waals surface area contributed by atoms with Gasteiger partial charge >= 0.3 is 0 Å². The molecule has 0 saturated carbocycles. The van der Waals surface area contributed by atoms with Gasteiger partial charge in [-0.15, -0.1) is 0 Å². The van der Waals surface area contributed by atoms with Crippen LogP contribution in [0.15, 0.2) is 18.2 Å². The first-order chi connectivity index (χ1) is 11.1. The zero-order valence-corrected chi connectivity index (χ0v) is 14.5. The van der Waals surface area contributed by atoms with E-state index in [-0.39, 0.29) is 5.91 Å². The molecule has 4 nitrogen and oxygen atoms in total. The van der Waals surface area contributed by atoms with Crippen LogP contribution in [-0.2, 0) is 6.54 Å². The number of likely N-dealkylation sites (tertiary alicyclic amines) is 1. The van der Waals surface area contributed by atoms with E-state index in [1.165, 1.54) is 48.1 Å². The van der Waals surface area contributed by atoms with Gasteiger partial charge in [-0.3, -0.25) is 4.79 Å². The lowest BCUT2D eigenvalue weighted by Crippen LogP contribution is -2.33. The Bertz CT molecular complexity index is 711. The minimum Gasteiger partial charge on any atom is -0.351 e. The second-order valence-corrected chi connectivity index (χ2v) is 6.49. The first-order valence-electron chi connectivity index (χ1n) is 8.71. The highest BCUT2D eigenvalue weighted by Crippen LogP contribution is 2.26. The Labute approximate surface area is 138 Å². The first-order valence-corrected chi connectivity index (χ1v) is 8.71. The molecule has 0 radical (unpaired) electrons. The van der Waals surface area contributed by atoms with Gasteiger partial charge in [0, 0.05) is 41.8 Å². The second-order valence-electron chi connectivity index (χ2n) is 6.49. The number of hydrogen-bond donors (Lipinski definition) is 1. The van der Waals surface area contributed by atoms with Crippen molar-refractivity contribution in [3.8, 4) is 0 Å². The van der Waals surface area contributed by atoms with Gasteiger partial charge in [-0.25, -0.2) is 0 Å². The largest absolute Gasteiger partial charge is 0.351 e. The Morgan fingerprint density at radius 1 is 1.22 bits per heavy atom. The molecular formula is C19H27N3O. The lowest BCUT2D eigenvalue weighted by Gasteiger charge is -2.14. The molecule has 1 saturated heterocycles. The van der Waals surface area contributed by atoms with E-state index < -0.39 is 0 Å². The van der Waals surface area contributed by atoms with Gasteiger partial charge in [-0.2, -0.15) is 0 Å². The van der Waals surface area contributed by atoms with E-state index in [0.29, 0.717) is 0 Å². The number of rotatable bonds is 5. The Kier molecular flexibility index (Phi) is 4.71. The van der Waals surface area contributed by atoms with E-state index >= 15 is 0 Å². The molecule has 1 aromatic heterocycles. The molecule has 1 N–H and O–H groups in total. The predicted molar refractivity (Wildman–Crippen MR) is 95.1 cm³/mol. The summed E-state index contributed by atoms with van der Waals surface area (Å²) >= 11 is 0. The maximum atomic E-state index is 12.4. The molecule has 0 bridgehead atoms. The average molecular weight is 313 g/mol. The summed E-state index contributed by atoms with van der Waals surface area (Å²) in [6.07, 6.45) is 2.58. The zero-order chi connectivity index (χ0) is 16.4. The van der Waals surface area contributed by atoms with E-state index in [1.807, 2.05) is 12.1 Å². The highest BCUT2D eigenvalue weighted by Gasteiger charge is 2.14. The molecule has 1 aliphatic heterocycles. The Balaban J connectivity index is 1.72. The predicted octanol–water partition coefficient (Wildman–Crippen LogP) is 3.10. The van der Waals surface area contributed by atoms with Crippen molar-refractivity contribution in [3.63, 3.8) is 0 Å². The maximum Gasteiger partial charge on any atom is 0.251 e. The lowest BCUT2D eigenvalue weighted by atomic mass is 10.1. The van der Waals surface area contributed by atoms with E-state index in [9.17, 15) is 4.79 Å². The van der Waals surface area contributed by atoms with Crippen molar-refractivity contribution in [3.05, 3.63) is 35.0 Å². The van der Waals surface area contributed by atoms with Gasteiger partial charge in [0.2, 0.25) is 0 Å². The molecular weight excluding hydrogens is 286 g/mol. The van der Waals surface area contributed by atoms with Crippen LogP contribution >= 0.6 is 0 Å². The number of carbonyl (C=O) groups is 1. The topological polar surface area (TPSA) is 37.3 Å². The summed E-state index contributed by atoms with van der Waals surface area (Å²) < 4.78 is 2.31. The maximum absolute atomic E-state index is 12.4. The molecule has 4 heteroatoms. The van der Waals surface area contributed by atoms with Crippen LogP contribution < -0.4 is 5.32 Å². The summed E-state index contributed by atoms with van der Waals surface area (Å²) in [7, 11) is 0. The smallest absolute Gasteiger partial charge is 0.251 e. The molecule has 124 valence electrons. The molecule has 1 aliphatic rings.